The van der Waals surface area contributed by atoms with Crippen LogP contribution in [-0.4, -0.2) is 57.4 Å². The fourth-order valence-electron chi connectivity index (χ4n) is 2.40. The predicted molar refractivity (Wildman–Crippen MR) is 87.3 cm³/mol. The molecule has 21 heavy (non-hydrogen) atoms. The summed E-state index contributed by atoms with van der Waals surface area (Å²) in [5.74, 6) is 0.0373. The molecule has 0 radical (unpaired) electrons. The van der Waals surface area contributed by atoms with Gasteiger partial charge < -0.3 is 10.6 Å². The molecule has 0 aliphatic carbocycles. The summed E-state index contributed by atoms with van der Waals surface area (Å²) in [5.41, 5.74) is 7.05. The molecular formula is C15H22N4OS. The van der Waals surface area contributed by atoms with Crippen LogP contribution < -0.4 is 5.73 Å². The highest BCUT2D eigenvalue weighted by Crippen LogP contribution is 2.18. The summed E-state index contributed by atoms with van der Waals surface area (Å²) in [7, 11) is 0. The molecule has 0 atom stereocenters. The normalized spacial score (nSPS) is 16.8. The lowest BCUT2D eigenvalue weighted by molar-refractivity contribution is 0.0539. The van der Waals surface area contributed by atoms with Crippen LogP contribution >= 0.6 is 12.2 Å². The highest BCUT2D eigenvalue weighted by molar-refractivity contribution is 7.80. The molecule has 0 bridgehead atoms. The predicted octanol–water partition coefficient (Wildman–Crippen LogP) is 1.21. The number of aromatic nitrogens is 1. The summed E-state index contributed by atoms with van der Waals surface area (Å²) in [6.45, 7) is 8.86. The third kappa shape index (κ3) is 3.39. The molecule has 1 aromatic heterocycles. The molecule has 0 saturated carbocycles. The molecule has 0 spiro atoms. The average Bonchev–Trinajstić information content (AvgIpc) is 2.47. The Morgan fingerprint density at radius 3 is 2.38 bits per heavy atom. The van der Waals surface area contributed by atoms with Crippen molar-refractivity contribution in [3.05, 3.63) is 29.6 Å². The third-order valence-electron chi connectivity index (χ3n) is 4.12. The molecule has 0 aromatic carbocycles. The van der Waals surface area contributed by atoms with E-state index < -0.39 is 0 Å². The van der Waals surface area contributed by atoms with E-state index in [0.717, 1.165) is 18.8 Å². The first-order valence-electron chi connectivity index (χ1n) is 7.09. The van der Waals surface area contributed by atoms with Crippen molar-refractivity contribution in [2.75, 3.05) is 26.2 Å². The average molecular weight is 306 g/mol. The minimum atomic E-state index is -0.310. The maximum Gasteiger partial charge on any atom is 0.255 e. The van der Waals surface area contributed by atoms with Crippen molar-refractivity contribution in [2.45, 2.75) is 26.3 Å². The van der Waals surface area contributed by atoms with E-state index >= 15 is 0 Å². The second-order valence-corrected chi connectivity index (χ2v) is 6.33. The standard InChI is InChI=1S/C15H22N4OS/c1-11-4-5-12(10-17-11)13(20)18-6-8-19(9-7-18)15(2,3)14(16)21/h4-5,10H,6-9H2,1-3H3,(H2,16,21). The van der Waals surface area contributed by atoms with Crippen LogP contribution in [0.2, 0.25) is 0 Å². The molecule has 6 heteroatoms. The van der Waals surface area contributed by atoms with Crippen LogP contribution in [0.25, 0.3) is 0 Å². The zero-order valence-corrected chi connectivity index (χ0v) is 13.6. The van der Waals surface area contributed by atoms with E-state index in [1.807, 2.05) is 37.8 Å². The largest absolute Gasteiger partial charge is 0.392 e. The number of nitrogens with two attached hydrogens (primary N) is 1. The van der Waals surface area contributed by atoms with Crippen molar-refractivity contribution < 1.29 is 4.79 Å². The lowest BCUT2D eigenvalue weighted by Crippen LogP contribution is -2.59. The van der Waals surface area contributed by atoms with Crippen LogP contribution in [0, 0.1) is 6.92 Å². The molecule has 5 nitrogen and oxygen atoms in total. The molecule has 1 aromatic rings. The molecule has 1 aliphatic heterocycles. The maximum absolute atomic E-state index is 12.4. The van der Waals surface area contributed by atoms with Gasteiger partial charge in [-0.2, -0.15) is 0 Å². The first-order chi connectivity index (χ1) is 9.82. The first kappa shape index (κ1) is 15.9. The van der Waals surface area contributed by atoms with Crippen molar-refractivity contribution in [2.24, 2.45) is 5.73 Å². The second-order valence-electron chi connectivity index (χ2n) is 5.89. The Morgan fingerprint density at radius 1 is 1.29 bits per heavy atom. The van der Waals surface area contributed by atoms with Crippen molar-refractivity contribution >= 4 is 23.1 Å². The summed E-state index contributed by atoms with van der Waals surface area (Å²) < 4.78 is 0. The number of hydrogen-bond donors (Lipinski definition) is 1. The zero-order valence-electron chi connectivity index (χ0n) is 12.8. The fraction of sp³-hybridized carbons (Fsp3) is 0.533. The number of carbonyl (C=O) groups is 1. The first-order valence-corrected chi connectivity index (χ1v) is 7.50. The molecule has 1 saturated heterocycles. The van der Waals surface area contributed by atoms with Gasteiger partial charge in [-0.25, -0.2) is 0 Å². The van der Waals surface area contributed by atoms with E-state index in [9.17, 15) is 4.79 Å². The Kier molecular flexibility index (Phi) is 4.58. The van der Waals surface area contributed by atoms with Crippen LogP contribution in [0.5, 0.6) is 0 Å². The van der Waals surface area contributed by atoms with Crippen LogP contribution in [0.4, 0.5) is 0 Å². The topological polar surface area (TPSA) is 62.5 Å². The minimum absolute atomic E-state index is 0.0373. The van der Waals surface area contributed by atoms with Crippen molar-refractivity contribution in [1.29, 1.82) is 0 Å². The number of nitrogens with zero attached hydrogens (tertiary/aromatic N) is 3. The maximum atomic E-state index is 12.4. The smallest absolute Gasteiger partial charge is 0.255 e. The van der Waals surface area contributed by atoms with Crippen LogP contribution in [0.1, 0.15) is 29.9 Å². The number of hydrogen-bond acceptors (Lipinski definition) is 4. The Labute approximate surface area is 131 Å². The van der Waals surface area contributed by atoms with E-state index in [1.54, 1.807) is 6.20 Å². The SMILES string of the molecule is Cc1ccc(C(=O)N2CCN(C(C)(C)C(N)=S)CC2)cn1. The van der Waals surface area contributed by atoms with Crippen molar-refractivity contribution in [1.82, 2.24) is 14.8 Å². The molecule has 2 N–H and O–H groups in total. The van der Waals surface area contributed by atoms with Gasteiger partial charge >= 0.3 is 0 Å². The number of carbonyl (C=O) groups excluding carboxylic acids is 1. The number of rotatable bonds is 3. The monoisotopic (exact) mass is 306 g/mol. The minimum Gasteiger partial charge on any atom is -0.392 e. The van der Waals surface area contributed by atoms with Gasteiger partial charge in [0.15, 0.2) is 0 Å². The summed E-state index contributed by atoms with van der Waals surface area (Å²) in [6, 6.07) is 3.69. The number of piperazine rings is 1. The number of pyridine rings is 1. The van der Waals surface area contributed by atoms with E-state index in [0.29, 0.717) is 23.6 Å². The molecule has 114 valence electrons. The highest BCUT2D eigenvalue weighted by Gasteiger charge is 2.33. The fourth-order valence-corrected chi connectivity index (χ4v) is 2.53. The van der Waals surface area contributed by atoms with E-state index in [2.05, 4.69) is 9.88 Å². The van der Waals surface area contributed by atoms with Gasteiger partial charge in [-0.1, -0.05) is 12.2 Å². The summed E-state index contributed by atoms with van der Waals surface area (Å²) >= 11 is 5.13. The molecule has 1 amide bonds. The Hall–Kier alpha value is -1.53. The van der Waals surface area contributed by atoms with Crippen molar-refractivity contribution in [3.63, 3.8) is 0 Å². The molecule has 1 fully saturated rings. The lowest BCUT2D eigenvalue weighted by Gasteiger charge is -2.43. The van der Waals surface area contributed by atoms with Gasteiger partial charge in [0.05, 0.1) is 16.1 Å². The highest BCUT2D eigenvalue weighted by atomic mass is 32.1. The Morgan fingerprint density at radius 2 is 1.90 bits per heavy atom. The second kappa shape index (κ2) is 6.07. The zero-order chi connectivity index (χ0) is 15.6. The lowest BCUT2D eigenvalue weighted by atomic mass is 10.0. The quantitative estimate of drug-likeness (QED) is 0.851. The number of amides is 1. The van der Waals surface area contributed by atoms with E-state index in [4.69, 9.17) is 18.0 Å². The number of aryl methyl sites for hydroxylation is 1. The molecule has 2 rings (SSSR count). The van der Waals surface area contributed by atoms with Gasteiger partial charge in [-0.05, 0) is 32.9 Å². The summed E-state index contributed by atoms with van der Waals surface area (Å²) in [6.07, 6.45) is 1.64. The molecular weight excluding hydrogens is 284 g/mol. The van der Waals surface area contributed by atoms with Crippen molar-refractivity contribution in [3.8, 4) is 0 Å². The van der Waals surface area contributed by atoms with E-state index in [1.165, 1.54) is 0 Å². The van der Waals surface area contributed by atoms with Gasteiger partial charge in [0.2, 0.25) is 0 Å². The van der Waals surface area contributed by atoms with Gasteiger partial charge in [0, 0.05) is 38.1 Å². The Bertz CT molecular complexity index is 533. The Balaban J connectivity index is 1.99. The summed E-state index contributed by atoms with van der Waals surface area (Å²) in [5, 5.41) is 0. The number of thiocarbonyl (C=S) groups is 1. The van der Waals surface area contributed by atoms with Gasteiger partial charge in [-0.15, -0.1) is 0 Å². The van der Waals surface area contributed by atoms with Crippen LogP contribution in [0.15, 0.2) is 18.3 Å². The van der Waals surface area contributed by atoms with E-state index in [-0.39, 0.29) is 11.4 Å². The van der Waals surface area contributed by atoms with Gasteiger partial charge in [-0.3, -0.25) is 14.7 Å². The van der Waals surface area contributed by atoms with Crippen LogP contribution in [0.3, 0.4) is 0 Å². The third-order valence-corrected chi connectivity index (χ3v) is 4.62. The molecule has 1 aliphatic rings. The van der Waals surface area contributed by atoms with Gasteiger partial charge in [0.25, 0.3) is 5.91 Å². The molecule has 0 unspecified atom stereocenters. The molecule has 2 heterocycles. The van der Waals surface area contributed by atoms with Crippen LogP contribution in [-0.2, 0) is 0 Å². The van der Waals surface area contributed by atoms with Gasteiger partial charge in [0.1, 0.15) is 0 Å². The summed E-state index contributed by atoms with van der Waals surface area (Å²) in [4.78, 5) is 21.2.